The zero-order chi connectivity index (χ0) is 13.4. The van der Waals surface area contributed by atoms with Gasteiger partial charge < -0.3 is 4.57 Å². The number of benzene rings is 1. The van der Waals surface area contributed by atoms with Crippen LogP contribution < -0.4 is 0 Å². The fourth-order valence-corrected chi connectivity index (χ4v) is 2.16. The van der Waals surface area contributed by atoms with Gasteiger partial charge in [0.15, 0.2) is 0 Å². The Morgan fingerprint density at radius 2 is 2.16 bits per heavy atom. The summed E-state index contributed by atoms with van der Waals surface area (Å²) in [5, 5.41) is 11.4. The molecule has 0 spiro atoms. The van der Waals surface area contributed by atoms with Crippen molar-refractivity contribution >= 4 is 11.0 Å². The van der Waals surface area contributed by atoms with Crippen LogP contribution >= 0.6 is 0 Å². The van der Waals surface area contributed by atoms with E-state index in [4.69, 9.17) is 0 Å². The third-order valence-corrected chi connectivity index (χ3v) is 3.11. The summed E-state index contributed by atoms with van der Waals surface area (Å²) in [4.78, 5) is 4.47. The van der Waals surface area contributed by atoms with Crippen LogP contribution in [0.15, 0.2) is 18.2 Å². The molecule has 0 saturated heterocycles. The van der Waals surface area contributed by atoms with Crippen molar-refractivity contribution in [2.24, 2.45) is 0 Å². The highest BCUT2D eigenvalue weighted by atomic mass is 19.1. The average molecular weight is 260 g/mol. The van der Waals surface area contributed by atoms with Crippen molar-refractivity contribution in [3.05, 3.63) is 35.7 Å². The molecule has 0 saturated carbocycles. The summed E-state index contributed by atoms with van der Waals surface area (Å²) in [6.07, 6.45) is 0. The maximum atomic E-state index is 13.2. The molecule has 1 aromatic carbocycles. The highest BCUT2D eigenvalue weighted by Gasteiger charge is 2.12. The highest BCUT2D eigenvalue weighted by molar-refractivity contribution is 5.76. The molecule has 0 fully saturated rings. The Labute approximate surface area is 108 Å². The van der Waals surface area contributed by atoms with Crippen LogP contribution in [0.3, 0.4) is 0 Å². The summed E-state index contributed by atoms with van der Waals surface area (Å²) in [5.74, 6) is 1.26. The van der Waals surface area contributed by atoms with E-state index in [2.05, 4.69) is 20.5 Å². The van der Waals surface area contributed by atoms with Crippen molar-refractivity contribution in [3.8, 4) is 0 Å². The smallest absolute Gasteiger partial charge is 0.148 e. The molecule has 0 amide bonds. The zero-order valence-corrected chi connectivity index (χ0v) is 10.7. The summed E-state index contributed by atoms with van der Waals surface area (Å²) in [7, 11) is 0. The lowest BCUT2D eigenvalue weighted by atomic mass is 10.3. The van der Waals surface area contributed by atoms with Crippen LogP contribution in [-0.2, 0) is 13.1 Å². The third-order valence-electron chi connectivity index (χ3n) is 3.11. The Bertz CT molecular complexity index is 729. The number of hydrogen-bond acceptors (Lipinski definition) is 4. The minimum absolute atomic E-state index is 0.279. The van der Waals surface area contributed by atoms with Crippen molar-refractivity contribution in [1.82, 2.24) is 29.8 Å². The van der Waals surface area contributed by atoms with Crippen molar-refractivity contribution in [2.45, 2.75) is 26.9 Å². The predicted molar refractivity (Wildman–Crippen MR) is 67.0 cm³/mol. The molecule has 0 aliphatic heterocycles. The normalized spacial score (nSPS) is 11.3. The van der Waals surface area contributed by atoms with E-state index in [0.29, 0.717) is 12.1 Å². The number of aromatic nitrogens is 6. The van der Waals surface area contributed by atoms with Gasteiger partial charge in [-0.05, 0) is 36.4 Å². The van der Waals surface area contributed by atoms with Gasteiger partial charge in [-0.25, -0.2) is 14.1 Å². The lowest BCUT2D eigenvalue weighted by Gasteiger charge is -2.06. The molecular formula is C12H13FN6. The zero-order valence-electron chi connectivity index (χ0n) is 10.7. The number of imidazole rings is 1. The van der Waals surface area contributed by atoms with Crippen molar-refractivity contribution < 1.29 is 4.39 Å². The molecular weight excluding hydrogens is 247 g/mol. The van der Waals surface area contributed by atoms with Crippen LogP contribution in [0.4, 0.5) is 4.39 Å². The molecule has 0 radical (unpaired) electrons. The van der Waals surface area contributed by atoms with Crippen LogP contribution in [0.2, 0.25) is 0 Å². The SMILES string of the molecule is CCn1c(Cn2nnnc2C)nc2cc(F)ccc21. The number of rotatable bonds is 3. The molecule has 3 rings (SSSR count). The summed E-state index contributed by atoms with van der Waals surface area (Å²) >= 11 is 0. The summed E-state index contributed by atoms with van der Waals surface area (Å²) in [5.41, 5.74) is 1.58. The van der Waals surface area contributed by atoms with E-state index in [1.54, 1.807) is 10.7 Å². The molecule has 0 N–H and O–H groups in total. The van der Waals surface area contributed by atoms with E-state index in [9.17, 15) is 4.39 Å². The second-order valence-corrected chi connectivity index (χ2v) is 4.29. The van der Waals surface area contributed by atoms with Gasteiger partial charge in [-0.3, -0.25) is 0 Å². The largest absolute Gasteiger partial charge is 0.327 e. The summed E-state index contributed by atoms with van der Waals surface area (Å²) < 4.78 is 16.9. The molecule has 2 heterocycles. The van der Waals surface area contributed by atoms with E-state index < -0.39 is 0 Å². The Morgan fingerprint density at radius 1 is 1.32 bits per heavy atom. The topological polar surface area (TPSA) is 61.4 Å². The maximum absolute atomic E-state index is 13.2. The second-order valence-electron chi connectivity index (χ2n) is 4.29. The van der Waals surface area contributed by atoms with Gasteiger partial charge in [0.1, 0.15) is 24.0 Å². The van der Waals surface area contributed by atoms with Crippen molar-refractivity contribution in [3.63, 3.8) is 0 Å². The van der Waals surface area contributed by atoms with E-state index >= 15 is 0 Å². The molecule has 3 aromatic rings. The van der Waals surface area contributed by atoms with Gasteiger partial charge in [0.2, 0.25) is 0 Å². The van der Waals surface area contributed by atoms with Crippen LogP contribution in [0.25, 0.3) is 11.0 Å². The van der Waals surface area contributed by atoms with E-state index in [1.165, 1.54) is 12.1 Å². The highest BCUT2D eigenvalue weighted by Crippen LogP contribution is 2.18. The monoisotopic (exact) mass is 260 g/mol. The molecule has 7 heteroatoms. The lowest BCUT2D eigenvalue weighted by molar-refractivity contribution is 0.583. The Morgan fingerprint density at radius 3 is 2.84 bits per heavy atom. The Hall–Kier alpha value is -2.31. The third kappa shape index (κ3) is 1.96. The molecule has 0 atom stereocenters. The molecule has 0 bridgehead atoms. The van der Waals surface area contributed by atoms with E-state index in [1.807, 2.05) is 18.4 Å². The summed E-state index contributed by atoms with van der Waals surface area (Å²) in [6.45, 7) is 5.10. The van der Waals surface area contributed by atoms with Crippen LogP contribution in [0.5, 0.6) is 0 Å². The quantitative estimate of drug-likeness (QED) is 0.716. The molecule has 0 unspecified atom stereocenters. The van der Waals surface area contributed by atoms with Gasteiger partial charge in [0.05, 0.1) is 11.0 Å². The number of tetrazole rings is 1. The second kappa shape index (κ2) is 4.42. The van der Waals surface area contributed by atoms with Crippen LogP contribution in [0, 0.1) is 12.7 Å². The minimum Gasteiger partial charge on any atom is -0.327 e. The lowest BCUT2D eigenvalue weighted by Crippen LogP contribution is -2.10. The fraction of sp³-hybridized carbons (Fsp3) is 0.333. The first kappa shape index (κ1) is 11.8. The maximum Gasteiger partial charge on any atom is 0.148 e. The minimum atomic E-state index is -0.279. The first-order valence-electron chi connectivity index (χ1n) is 6.06. The van der Waals surface area contributed by atoms with Gasteiger partial charge in [0, 0.05) is 12.6 Å². The van der Waals surface area contributed by atoms with E-state index in [0.717, 1.165) is 23.7 Å². The molecule has 2 aromatic heterocycles. The predicted octanol–water partition coefficient (Wildman–Crippen LogP) is 1.54. The molecule has 0 aliphatic rings. The van der Waals surface area contributed by atoms with Gasteiger partial charge in [0.25, 0.3) is 0 Å². The molecule has 0 aliphatic carbocycles. The molecule has 19 heavy (non-hydrogen) atoms. The van der Waals surface area contributed by atoms with Gasteiger partial charge >= 0.3 is 0 Å². The standard InChI is InChI=1S/C12H13FN6/c1-3-18-11-5-4-9(13)6-10(11)14-12(18)7-19-8(2)15-16-17-19/h4-6H,3,7H2,1-2H3. The first-order valence-corrected chi connectivity index (χ1v) is 6.06. The number of hydrogen-bond donors (Lipinski definition) is 0. The average Bonchev–Trinajstić information content (AvgIpc) is 2.93. The number of fused-ring (bicyclic) bond motifs is 1. The van der Waals surface area contributed by atoms with E-state index in [-0.39, 0.29) is 5.82 Å². The fourth-order valence-electron chi connectivity index (χ4n) is 2.16. The number of aryl methyl sites for hydroxylation is 2. The molecule has 6 nitrogen and oxygen atoms in total. The van der Waals surface area contributed by atoms with Crippen LogP contribution in [0.1, 0.15) is 18.6 Å². The van der Waals surface area contributed by atoms with Gasteiger partial charge in [-0.1, -0.05) is 0 Å². The number of nitrogens with zero attached hydrogens (tertiary/aromatic N) is 6. The Balaban J connectivity index is 2.10. The van der Waals surface area contributed by atoms with Crippen molar-refractivity contribution in [2.75, 3.05) is 0 Å². The van der Waals surface area contributed by atoms with Gasteiger partial charge in [-0.2, -0.15) is 0 Å². The molecule has 98 valence electrons. The van der Waals surface area contributed by atoms with Gasteiger partial charge in [-0.15, -0.1) is 5.10 Å². The van der Waals surface area contributed by atoms with Crippen LogP contribution in [-0.4, -0.2) is 29.8 Å². The first-order chi connectivity index (χ1) is 9.19. The Kier molecular flexibility index (Phi) is 2.73. The number of halogens is 1. The summed E-state index contributed by atoms with van der Waals surface area (Å²) in [6, 6.07) is 4.64. The van der Waals surface area contributed by atoms with Crippen molar-refractivity contribution in [1.29, 1.82) is 0 Å².